The van der Waals surface area contributed by atoms with E-state index >= 15 is 0 Å². The van der Waals surface area contributed by atoms with E-state index in [1.165, 1.54) is 0 Å². The fraction of sp³-hybridized carbons (Fsp3) is 0.692. The summed E-state index contributed by atoms with van der Waals surface area (Å²) in [5.41, 5.74) is 0. The molecule has 2 rings (SSSR count). The molecule has 1 aromatic rings. The number of carbonyl (C=O) groups is 2. The van der Waals surface area contributed by atoms with Gasteiger partial charge in [0, 0.05) is 19.4 Å². The van der Waals surface area contributed by atoms with E-state index in [1.807, 2.05) is 6.92 Å². The van der Waals surface area contributed by atoms with Crippen molar-refractivity contribution in [2.75, 3.05) is 6.54 Å². The Bertz CT molecular complexity index is 476. The first kappa shape index (κ1) is 14.5. The van der Waals surface area contributed by atoms with Crippen LogP contribution in [0.25, 0.3) is 0 Å². The number of hydrogen-bond acceptors (Lipinski definition) is 6. The molecule has 1 saturated heterocycles. The van der Waals surface area contributed by atoms with Crippen LogP contribution in [0.3, 0.4) is 0 Å². The molecule has 0 radical (unpaired) electrons. The SMILES string of the molecule is CCCc1noc([C@H](C)OC(=O)[C@@H]2CCC(=O)NC2)n1. The largest absolute Gasteiger partial charge is 0.452 e. The summed E-state index contributed by atoms with van der Waals surface area (Å²) in [6, 6.07) is 0. The van der Waals surface area contributed by atoms with Gasteiger partial charge in [0.2, 0.25) is 5.91 Å². The molecule has 0 saturated carbocycles. The quantitative estimate of drug-likeness (QED) is 0.814. The van der Waals surface area contributed by atoms with Crippen molar-refractivity contribution in [3.05, 3.63) is 11.7 Å². The van der Waals surface area contributed by atoms with Crippen LogP contribution < -0.4 is 5.32 Å². The van der Waals surface area contributed by atoms with Crippen molar-refractivity contribution in [1.29, 1.82) is 0 Å². The first-order chi connectivity index (χ1) is 9.60. The maximum Gasteiger partial charge on any atom is 0.311 e. The van der Waals surface area contributed by atoms with Crippen LogP contribution >= 0.6 is 0 Å². The van der Waals surface area contributed by atoms with E-state index in [4.69, 9.17) is 9.26 Å². The zero-order valence-corrected chi connectivity index (χ0v) is 11.7. The number of piperidine rings is 1. The standard InChI is InChI=1S/C13H19N3O4/c1-3-4-10-15-12(20-16-10)8(2)19-13(18)9-5-6-11(17)14-7-9/h8-9H,3-7H2,1-2H3,(H,14,17)/t8-,9+/m0/s1. The van der Waals surface area contributed by atoms with E-state index in [0.717, 1.165) is 12.8 Å². The van der Waals surface area contributed by atoms with Gasteiger partial charge in [0.1, 0.15) is 0 Å². The minimum atomic E-state index is -0.571. The highest BCUT2D eigenvalue weighted by Crippen LogP contribution is 2.20. The molecule has 1 aliphatic heterocycles. The number of rotatable bonds is 5. The Morgan fingerprint density at radius 1 is 1.60 bits per heavy atom. The van der Waals surface area contributed by atoms with Crippen LogP contribution in [-0.4, -0.2) is 28.6 Å². The second kappa shape index (κ2) is 6.49. The molecule has 0 bridgehead atoms. The third-order valence-electron chi connectivity index (χ3n) is 3.20. The molecular weight excluding hydrogens is 262 g/mol. The molecule has 7 nitrogen and oxygen atoms in total. The normalized spacial score (nSPS) is 20.3. The molecule has 0 spiro atoms. The Morgan fingerprint density at radius 3 is 3.05 bits per heavy atom. The van der Waals surface area contributed by atoms with Gasteiger partial charge in [-0.25, -0.2) is 0 Å². The molecule has 110 valence electrons. The molecule has 1 amide bonds. The van der Waals surface area contributed by atoms with Crippen molar-refractivity contribution in [1.82, 2.24) is 15.5 Å². The van der Waals surface area contributed by atoms with E-state index < -0.39 is 6.10 Å². The molecule has 20 heavy (non-hydrogen) atoms. The Kier molecular flexibility index (Phi) is 4.70. The lowest BCUT2D eigenvalue weighted by atomic mass is 9.99. The van der Waals surface area contributed by atoms with E-state index in [0.29, 0.717) is 31.1 Å². The monoisotopic (exact) mass is 281 g/mol. The van der Waals surface area contributed by atoms with Gasteiger partial charge >= 0.3 is 5.97 Å². The summed E-state index contributed by atoms with van der Waals surface area (Å²) in [6.07, 6.45) is 1.96. The van der Waals surface area contributed by atoms with Crippen LogP contribution in [0.4, 0.5) is 0 Å². The maximum atomic E-state index is 12.0. The highest BCUT2D eigenvalue weighted by atomic mass is 16.6. The lowest BCUT2D eigenvalue weighted by molar-refractivity contribution is -0.155. The number of aryl methyl sites for hydroxylation is 1. The lowest BCUT2D eigenvalue weighted by Crippen LogP contribution is -2.39. The highest BCUT2D eigenvalue weighted by Gasteiger charge is 2.28. The Hall–Kier alpha value is -1.92. The second-order valence-electron chi connectivity index (χ2n) is 4.92. The summed E-state index contributed by atoms with van der Waals surface area (Å²) in [5, 5.41) is 6.48. The van der Waals surface area contributed by atoms with Gasteiger partial charge in [-0.15, -0.1) is 0 Å². The molecule has 7 heteroatoms. The molecule has 1 aromatic heterocycles. The van der Waals surface area contributed by atoms with E-state index in [1.54, 1.807) is 6.92 Å². The molecule has 2 heterocycles. The Labute approximate surface area is 117 Å². The Balaban J connectivity index is 1.88. The first-order valence-electron chi connectivity index (χ1n) is 6.89. The molecular formula is C13H19N3O4. The zero-order valence-electron chi connectivity index (χ0n) is 11.7. The van der Waals surface area contributed by atoms with Crippen LogP contribution in [-0.2, 0) is 20.7 Å². The van der Waals surface area contributed by atoms with Crippen molar-refractivity contribution in [3.63, 3.8) is 0 Å². The number of nitrogens with zero attached hydrogens (tertiary/aromatic N) is 2. The van der Waals surface area contributed by atoms with Gasteiger partial charge in [-0.05, 0) is 19.8 Å². The smallest absolute Gasteiger partial charge is 0.311 e. The van der Waals surface area contributed by atoms with Gasteiger partial charge in [-0.3, -0.25) is 9.59 Å². The highest BCUT2D eigenvalue weighted by molar-refractivity contribution is 5.81. The molecule has 1 N–H and O–H groups in total. The molecule has 0 aliphatic carbocycles. The first-order valence-corrected chi connectivity index (χ1v) is 6.89. The average Bonchev–Trinajstić information content (AvgIpc) is 2.88. The van der Waals surface area contributed by atoms with Gasteiger partial charge < -0.3 is 14.6 Å². The summed E-state index contributed by atoms with van der Waals surface area (Å²) in [7, 11) is 0. The third kappa shape index (κ3) is 3.55. The number of amides is 1. The fourth-order valence-corrected chi connectivity index (χ4v) is 2.01. The summed E-state index contributed by atoms with van der Waals surface area (Å²) in [4.78, 5) is 27.2. The van der Waals surface area contributed by atoms with Crippen molar-refractivity contribution in [2.24, 2.45) is 5.92 Å². The third-order valence-corrected chi connectivity index (χ3v) is 3.20. The summed E-state index contributed by atoms with van der Waals surface area (Å²) in [5.74, 6) is 0.265. The topological polar surface area (TPSA) is 94.3 Å². The summed E-state index contributed by atoms with van der Waals surface area (Å²) in [6.45, 7) is 4.05. The molecule has 0 aromatic carbocycles. The molecule has 1 aliphatic rings. The summed E-state index contributed by atoms with van der Waals surface area (Å²) < 4.78 is 10.4. The van der Waals surface area contributed by atoms with Crippen LogP contribution in [0, 0.1) is 5.92 Å². The van der Waals surface area contributed by atoms with Crippen LogP contribution in [0.15, 0.2) is 4.52 Å². The number of hydrogen-bond donors (Lipinski definition) is 1. The van der Waals surface area contributed by atoms with E-state index in [-0.39, 0.29) is 17.8 Å². The maximum absolute atomic E-state index is 12.0. The van der Waals surface area contributed by atoms with Crippen LogP contribution in [0.1, 0.15) is 50.9 Å². The number of nitrogens with one attached hydrogen (secondary N) is 1. The van der Waals surface area contributed by atoms with Crippen molar-refractivity contribution < 1.29 is 18.8 Å². The number of carbonyl (C=O) groups excluding carboxylic acids is 2. The summed E-state index contributed by atoms with van der Waals surface area (Å²) >= 11 is 0. The molecule has 0 unspecified atom stereocenters. The molecule has 2 atom stereocenters. The van der Waals surface area contributed by atoms with Crippen molar-refractivity contribution >= 4 is 11.9 Å². The van der Waals surface area contributed by atoms with Gasteiger partial charge in [-0.1, -0.05) is 12.1 Å². The minimum Gasteiger partial charge on any atom is -0.452 e. The molecule has 1 fully saturated rings. The van der Waals surface area contributed by atoms with Crippen LogP contribution in [0.2, 0.25) is 0 Å². The van der Waals surface area contributed by atoms with Crippen LogP contribution in [0.5, 0.6) is 0 Å². The van der Waals surface area contributed by atoms with Gasteiger partial charge in [0.05, 0.1) is 5.92 Å². The second-order valence-corrected chi connectivity index (χ2v) is 4.92. The van der Waals surface area contributed by atoms with Gasteiger partial charge in [-0.2, -0.15) is 4.98 Å². The van der Waals surface area contributed by atoms with Gasteiger partial charge in [0.15, 0.2) is 11.9 Å². The zero-order chi connectivity index (χ0) is 14.5. The Morgan fingerprint density at radius 2 is 2.40 bits per heavy atom. The van der Waals surface area contributed by atoms with Gasteiger partial charge in [0.25, 0.3) is 5.89 Å². The van der Waals surface area contributed by atoms with E-state index in [9.17, 15) is 9.59 Å². The van der Waals surface area contributed by atoms with Crippen molar-refractivity contribution in [3.8, 4) is 0 Å². The van der Waals surface area contributed by atoms with Crippen molar-refractivity contribution in [2.45, 2.75) is 45.6 Å². The fourth-order valence-electron chi connectivity index (χ4n) is 2.01. The predicted molar refractivity (Wildman–Crippen MR) is 68.5 cm³/mol. The lowest BCUT2D eigenvalue weighted by Gasteiger charge is -2.21. The number of aromatic nitrogens is 2. The number of esters is 1. The average molecular weight is 281 g/mol. The number of ether oxygens (including phenoxy) is 1. The van der Waals surface area contributed by atoms with E-state index in [2.05, 4.69) is 15.5 Å². The predicted octanol–water partition coefficient (Wildman–Crippen LogP) is 1.15. The minimum absolute atomic E-state index is 0.0248.